The third-order valence-corrected chi connectivity index (χ3v) is 3.87. The van der Waals surface area contributed by atoms with E-state index in [0.717, 1.165) is 36.2 Å². The van der Waals surface area contributed by atoms with Crippen LogP contribution in [0.1, 0.15) is 5.69 Å². The van der Waals surface area contributed by atoms with Crippen LogP contribution in [0.25, 0.3) is 0 Å². The van der Waals surface area contributed by atoms with Gasteiger partial charge in [0.2, 0.25) is 0 Å². The molecule has 1 aliphatic heterocycles. The molecule has 1 fully saturated rings. The first-order valence-electron chi connectivity index (χ1n) is 5.44. The second-order valence-electron chi connectivity index (χ2n) is 3.73. The summed E-state index contributed by atoms with van der Waals surface area (Å²) in [7, 11) is 1.90. The summed E-state index contributed by atoms with van der Waals surface area (Å²) >= 11 is 8.09. The van der Waals surface area contributed by atoms with Crippen LogP contribution in [-0.4, -0.2) is 36.6 Å². The van der Waals surface area contributed by atoms with Crippen molar-refractivity contribution in [1.82, 2.24) is 10.3 Å². The molecule has 2 heterocycles. The predicted molar refractivity (Wildman–Crippen MR) is 71.5 cm³/mol. The van der Waals surface area contributed by atoms with E-state index < -0.39 is 0 Å². The maximum absolute atomic E-state index is 6.09. The Bertz CT molecular complexity index is 353. The van der Waals surface area contributed by atoms with E-state index in [9.17, 15) is 0 Å². The van der Waals surface area contributed by atoms with Gasteiger partial charge in [-0.1, -0.05) is 11.6 Å². The van der Waals surface area contributed by atoms with Crippen LogP contribution >= 0.6 is 23.4 Å². The van der Waals surface area contributed by atoms with E-state index in [1.165, 1.54) is 11.5 Å². The van der Waals surface area contributed by atoms with Gasteiger partial charge in [-0.15, -0.1) is 0 Å². The second kappa shape index (κ2) is 5.75. The van der Waals surface area contributed by atoms with E-state index in [4.69, 9.17) is 11.6 Å². The first-order chi connectivity index (χ1) is 7.81. The molecule has 1 aromatic rings. The van der Waals surface area contributed by atoms with Gasteiger partial charge in [0.1, 0.15) is 5.82 Å². The van der Waals surface area contributed by atoms with Crippen molar-refractivity contribution in [2.75, 3.05) is 36.5 Å². The monoisotopic (exact) mass is 257 g/mol. The molecule has 2 rings (SSSR count). The van der Waals surface area contributed by atoms with Gasteiger partial charge in [0.15, 0.2) is 0 Å². The standard InChI is InChI=1S/C11H16ClN3S/c1-13-8-10-9(12)2-3-11(14-10)15-4-6-16-7-5-15/h2-3,13H,4-8H2,1H3. The van der Waals surface area contributed by atoms with Crippen LogP contribution in [0.4, 0.5) is 5.82 Å². The van der Waals surface area contributed by atoms with E-state index in [1.807, 2.05) is 30.9 Å². The van der Waals surface area contributed by atoms with Crippen LogP contribution in [-0.2, 0) is 6.54 Å². The second-order valence-corrected chi connectivity index (χ2v) is 5.36. The highest BCUT2D eigenvalue weighted by molar-refractivity contribution is 7.99. The summed E-state index contributed by atoms with van der Waals surface area (Å²) in [6, 6.07) is 3.95. The van der Waals surface area contributed by atoms with E-state index in [0.29, 0.717) is 0 Å². The Morgan fingerprint density at radius 3 is 2.88 bits per heavy atom. The van der Waals surface area contributed by atoms with Crippen molar-refractivity contribution in [2.45, 2.75) is 6.54 Å². The molecule has 0 spiro atoms. The molecule has 0 amide bonds. The zero-order chi connectivity index (χ0) is 11.4. The maximum Gasteiger partial charge on any atom is 0.129 e. The first-order valence-corrected chi connectivity index (χ1v) is 6.97. The lowest BCUT2D eigenvalue weighted by Crippen LogP contribution is -2.33. The Kier molecular flexibility index (Phi) is 4.32. The third kappa shape index (κ3) is 2.81. The molecule has 0 bridgehead atoms. The Hall–Kier alpha value is -0.450. The maximum atomic E-state index is 6.09. The molecule has 5 heteroatoms. The van der Waals surface area contributed by atoms with Crippen LogP contribution in [0.2, 0.25) is 5.02 Å². The molecule has 1 aliphatic rings. The number of anilines is 1. The molecule has 0 aliphatic carbocycles. The number of halogens is 1. The van der Waals surface area contributed by atoms with Gasteiger partial charge < -0.3 is 10.2 Å². The van der Waals surface area contributed by atoms with Gasteiger partial charge in [0.05, 0.1) is 10.7 Å². The van der Waals surface area contributed by atoms with Gasteiger partial charge in [0, 0.05) is 31.1 Å². The highest BCUT2D eigenvalue weighted by Gasteiger charge is 2.13. The van der Waals surface area contributed by atoms with Crippen LogP contribution in [0.3, 0.4) is 0 Å². The predicted octanol–water partition coefficient (Wildman–Crippen LogP) is 2.01. The molecule has 0 unspecified atom stereocenters. The average molecular weight is 258 g/mol. The van der Waals surface area contributed by atoms with Crippen LogP contribution in [0.15, 0.2) is 12.1 Å². The number of aromatic nitrogens is 1. The Morgan fingerprint density at radius 1 is 1.44 bits per heavy atom. The van der Waals surface area contributed by atoms with Crippen molar-refractivity contribution in [1.29, 1.82) is 0 Å². The van der Waals surface area contributed by atoms with Crippen molar-refractivity contribution in [3.05, 3.63) is 22.8 Å². The molecular weight excluding hydrogens is 242 g/mol. The quantitative estimate of drug-likeness (QED) is 0.897. The summed E-state index contributed by atoms with van der Waals surface area (Å²) in [5.41, 5.74) is 0.930. The molecule has 0 aromatic carbocycles. The zero-order valence-corrected chi connectivity index (χ0v) is 10.9. The van der Waals surface area contributed by atoms with Gasteiger partial charge in [-0.3, -0.25) is 0 Å². The minimum Gasteiger partial charge on any atom is -0.355 e. The summed E-state index contributed by atoms with van der Waals surface area (Å²) in [4.78, 5) is 6.93. The molecular formula is C11H16ClN3S. The van der Waals surface area contributed by atoms with Crippen LogP contribution in [0, 0.1) is 0 Å². The summed E-state index contributed by atoms with van der Waals surface area (Å²) < 4.78 is 0. The fourth-order valence-electron chi connectivity index (χ4n) is 1.73. The lowest BCUT2D eigenvalue weighted by atomic mass is 10.3. The molecule has 0 atom stereocenters. The van der Waals surface area contributed by atoms with Crippen molar-refractivity contribution < 1.29 is 0 Å². The van der Waals surface area contributed by atoms with Crippen LogP contribution in [0.5, 0.6) is 0 Å². The van der Waals surface area contributed by atoms with Crippen molar-refractivity contribution in [3.8, 4) is 0 Å². The van der Waals surface area contributed by atoms with Crippen molar-refractivity contribution in [3.63, 3.8) is 0 Å². The van der Waals surface area contributed by atoms with Gasteiger partial charge in [-0.2, -0.15) is 11.8 Å². The third-order valence-electron chi connectivity index (χ3n) is 2.58. The lowest BCUT2D eigenvalue weighted by Gasteiger charge is -2.27. The van der Waals surface area contributed by atoms with Gasteiger partial charge in [-0.25, -0.2) is 4.98 Å². The highest BCUT2D eigenvalue weighted by atomic mass is 35.5. The lowest BCUT2D eigenvalue weighted by molar-refractivity contribution is 0.776. The summed E-state index contributed by atoms with van der Waals surface area (Å²) in [5, 5.41) is 3.83. The molecule has 3 nitrogen and oxygen atoms in total. The fourth-order valence-corrected chi connectivity index (χ4v) is 2.81. The molecule has 88 valence electrons. The highest BCUT2D eigenvalue weighted by Crippen LogP contribution is 2.21. The molecule has 1 N–H and O–H groups in total. The minimum absolute atomic E-state index is 0.718. The number of nitrogens with zero attached hydrogens (tertiary/aromatic N) is 2. The molecule has 1 saturated heterocycles. The largest absolute Gasteiger partial charge is 0.355 e. The topological polar surface area (TPSA) is 28.2 Å². The molecule has 16 heavy (non-hydrogen) atoms. The number of hydrogen-bond acceptors (Lipinski definition) is 4. The van der Waals surface area contributed by atoms with E-state index >= 15 is 0 Å². The van der Waals surface area contributed by atoms with E-state index in [-0.39, 0.29) is 0 Å². The Balaban J connectivity index is 2.17. The summed E-state index contributed by atoms with van der Waals surface area (Å²) in [5.74, 6) is 3.42. The minimum atomic E-state index is 0.718. The Labute approximate surface area is 106 Å². The van der Waals surface area contributed by atoms with Crippen LogP contribution < -0.4 is 10.2 Å². The number of nitrogens with one attached hydrogen (secondary N) is 1. The van der Waals surface area contributed by atoms with Crippen molar-refractivity contribution >= 4 is 29.2 Å². The van der Waals surface area contributed by atoms with E-state index in [2.05, 4.69) is 15.2 Å². The first kappa shape index (κ1) is 12.0. The summed E-state index contributed by atoms with van der Waals surface area (Å²) in [6.07, 6.45) is 0. The zero-order valence-electron chi connectivity index (χ0n) is 9.37. The van der Waals surface area contributed by atoms with Crippen molar-refractivity contribution in [2.24, 2.45) is 0 Å². The molecule has 0 radical (unpaired) electrons. The summed E-state index contributed by atoms with van der Waals surface area (Å²) in [6.45, 7) is 2.88. The number of rotatable bonds is 3. The van der Waals surface area contributed by atoms with E-state index in [1.54, 1.807) is 0 Å². The average Bonchev–Trinajstić information content (AvgIpc) is 2.33. The van der Waals surface area contributed by atoms with Gasteiger partial charge in [-0.05, 0) is 19.2 Å². The molecule has 0 saturated carbocycles. The number of hydrogen-bond donors (Lipinski definition) is 1. The SMILES string of the molecule is CNCc1nc(N2CCSCC2)ccc1Cl. The fraction of sp³-hybridized carbons (Fsp3) is 0.545. The number of thioether (sulfide) groups is 1. The number of pyridine rings is 1. The Morgan fingerprint density at radius 2 is 2.19 bits per heavy atom. The smallest absolute Gasteiger partial charge is 0.129 e. The van der Waals surface area contributed by atoms with Gasteiger partial charge in [0.25, 0.3) is 0 Å². The molecule has 1 aromatic heterocycles. The van der Waals surface area contributed by atoms with Gasteiger partial charge >= 0.3 is 0 Å². The normalized spacial score (nSPS) is 16.5.